The van der Waals surface area contributed by atoms with Gasteiger partial charge in [0.15, 0.2) is 0 Å². The summed E-state index contributed by atoms with van der Waals surface area (Å²) in [5, 5.41) is 15.8. The molecule has 0 radical (unpaired) electrons. The standard InChI is InChI=1S/C4H7NO3/c6-4(7)2-1-3-5-8/h1-2,5,8H,3H2,(H,6,7)/b2-1+. The Morgan fingerprint density at radius 3 is 2.75 bits per heavy atom. The van der Waals surface area contributed by atoms with Crippen molar-refractivity contribution in [3.8, 4) is 0 Å². The number of carboxylic acid groups (broad SMARTS) is 1. The minimum absolute atomic E-state index is 0.159. The number of aliphatic carboxylic acids is 1. The van der Waals surface area contributed by atoms with E-state index in [9.17, 15) is 4.79 Å². The SMILES string of the molecule is O=C(O)/C=C/CNO. The number of hydroxylamine groups is 1. The number of nitrogens with one attached hydrogen (secondary N) is 1. The van der Waals surface area contributed by atoms with Crippen molar-refractivity contribution < 1.29 is 15.1 Å². The molecule has 4 heteroatoms. The third-order valence-corrected chi connectivity index (χ3v) is 0.470. The second kappa shape index (κ2) is 4.29. The molecule has 0 heterocycles. The lowest BCUT2D eigenvalue weighted by Crippen LogP contribution is -2.05. The molecule has 8 heavy (non-hydrogen) atoms. The van der Waals surface area contributed by atoms with Crippen LogP contribution in [0.4, 0.5) is 0 Å². The van der Waals surface area contributed by atoms with Gasteiger partial charge in [-0.2, -0.15) is 0 Å². The van der Waals surface area contributed by atoms with Crippen LogP contribution < -0.4 is 5.48 Å². The molecule has 0 unspecified atom stereocenters. The Kier molecular flexibility index (Phi) is 3.83. The zero-order valence-corrected chi connectivity index (χ0v) is 4.16. The van der Waals surface area contributed by atoms with Gasteiger partial charge in [-0.1, -0.05) is 6.08 Å². The molecule has 0 spiro atoms. The number of rotatable bonds is 3. The van der Waals surface area contributed by atoms with Crippen molar-refractivity contribution in [2.75, 3.05) is 6.54 Å². The van der Waals surface area contributed by atoms with Crippen LogP contribution in [0.25, 0.3) is 0 Å². The van der Waals surface area contributed by atoms with Gasteiger partial charge in [-0.25, -0.2) is 10.3 Å². The third kappa shape index (κ3) is 5.13. The van der Waals surface area contributed by atoms with Gasteiger partial charge in [-0.3, -0.25) is 0 Å². The first-order valence-corrected chi connectivity index (χ1v) is 2.04. The van der Waals surface area contributed by atoms with Crippen molar-refractivity contribution in [3.63, 3.8) is 0 Å². The largest absolute Gasteiger partial charge is 0.478 e. The summed E-state index contributed by atoms with van der Waals surface area (Å²) in [5.41, 5.74) is 1.77. The van der Waals surface area contributed by atoms with Crippen LogP contribution in [0.2, 0.25) is 0 Å². The van der Waals surface area contributed by atoms with E-state index in [1.54, 1.807) is 5.48 Å². The van der Waals surface area contributed by atoms with Crippen LogP contribution in [-0.4, -0.2) is 22.8 Å². The average molecular weight is 117 g/mol. The van der Waals surface area contributed by atoms with E-state index in [0.717, 1.165) is 6.08 Å². The molecule has 0 aliphatic carbocycles. The monoisotopic (exact) mass is 117 g/mol. The molecule has 0 amide bonds. The van der Waals surface area contributed by atoms with E-state index < -0.39 is 5.97 Å². The van der Waals surface area contributed by atoms with Gasteiger partial charge in [-0.05, 0) is 0 Å². The van der Waals surface area contributed by atoms with Gasteiger partial charge in [0, 0.05) is 12.6 Å². The van der Waals surface area contributed by atoms with Gasteiger partial charge < -0.3 is 10.3 Å². The van der Waals surface area contributed by atoms with Crippen molar-refractivity contribution in [3.05, 3.63) is 12.2 Å². The summed E-state index contributed by atoms with van der Waals surface area (Å²) in [5.74, 6) is -1.01. The minimum atomic E-state index is -1.01. The van der Waals surface area contributed by atoms with Crippen molar-refractivity contribution in [2.24, 2.45) is 0 Å². The smallest absolute Gasteiger partial charge is 0.328 e. The fourth-order valence-electron chi connectivity index (χ4n) is 0.212. The van der Waals surface area contributed by atoms with Crippen LogP contribution in [0.5, 0.6) is 0 Å². The maximum absolute atomic E-state index is 9.68. The van der Waals surface area contributed by atoms with E-state index in [-0.39, 0.29) is 6.54 Å². The molecule has 0 atom stereocenters. The first-order valence-electron chi connectivity index (χ1n) is 2.04. The minimum Gasteiger partial charge on any atom is -0.478 e. The van der Waals surface area contributed by atoms with Crippen LogP contribution >= 0.6 is 0 Å². The highest BCUT2D eigenvalue weighted by atomic mass is 16.5. The molecule has 0 saturated carbocycles. The van der Waals surface area contributed by atoms with Crippen LogP contribution in [0.1, 0.15) is 0 Å². The van der Waals surface area contributed by atoms with Crippen LogP contribution in [0.3, 0.4) is 0 Å². The fraction of sp³-hybridized carbons (Fsp3) is 0.250. The molecule has 0 aromatic heterocycles. The molecule has 0 saturated heterocycles. The van der Waals surface area contributed by atoms with Crippen molar-refractivity contribution in [2.45, 2.75) is 0 Å². The number of hydrogen-bond acceptors (Lipinski definition) is 3. The summed E-state index contributed by atoms with van der Waals surface area (Å²) in [4.78, 5) is 9.68. The zero-order chi connectivity index (χ0) is 6.41. The Balaban J connectivity index is 3.20. The molecule has 0 aromatic rings. The number of hydrogen-bond donors (Lipinski definition) is 3. The molecule has 0 aromatic carbocycles. The summed E-state index contributed by atoms with van der Waals surface area (Å²) < 4.78 is 0. The van der Waals surface area contributed by atoms with Gasteiger partial charge in [-0.15, -0.1) is 0 Å². The highest BCUT2D eigenvalue weighted by molar-refractivity contribution is 5.79. The van der Waals surface area contributed by atoms with Gasteiger partial charge >= 0.3 is 5.97 Å². The normalized spacial score (nSPS) is 10.1. The summed E-state index contributed by atoms with van der Waals surface area (Å²) >= 11 is 0. The van der Waals surface area contributed by atoms with Gasteiger partial charge in [0.05, 0.1) is 0 Å². The zero-order valence-electron chi connectivity index (χ0n) is 4.16. The first kappa shape index (κ1) is 7.13. The summed E-state index contributed by atoms with van der Waals surface area (Å²) in [6, 6.07) is 0. The van der Waals surface area contributed by atoms with Crippen LogP contribution in [-0.2, 0) is 4.79 Å². The molecule has 4 nitrogen and oxygen atoms in total. The topological polar surface area (TPSA) is 69.6 Å². The molecule has 46 valence electrons. The second-order valence-corrected chi connectivity index (χ2v) is 1.10. The highest BCUT2D eigenvalue weighted by Gasteiger charge is 1.81. The van der Waals surface area contributed by atoms with Crippen molar-refractivity contribution in [1.82, 2.24) is 5.48 Å². The van der Waals surface area contributed by atoms with Crippen molar-refractivity contribution >= 4 is 5.97 Å². The lowest BCUT2D eigenvalue weighted by Gasteiger charge is -1.82. The second-order valence-electron chi connectivity index (χ2n) is 1.10. The Bertz CT molecular complexity index is 99.5. The van der Waals surface area contributed by atoms with E-state index in [1.165, 1.54) is 6.08 Å². The maximum Gasteiger partial charge on any atom is 0.328 e. The highest BCUT2D eigenvalue weighted by Crippen LogP contribution is 1.67. The summed E-state index contributed by atoms with van der Waals surface area (Å²) in [6.07, 6.45) is 2.24. The van der Waals surface area contributed by atoms with Gasteiger partial charge in [0.2, 0.25) is 0 Å². The summed E-state index contributed by atoms with van der Waals surface area (Å²) in [6.45, 7) is 0.159. The molecule has 0 aliphatic heterocycles. The molecule has 0 rings (SSSR count). The van der Waals surface area contributed by atoms with Gasteiger partial charge in [0.25, 0.3) is 0 Å². The van der Waals surface area contributed by atoms with Crippen LogP contribution in [0, 0.1) is 0 Å². The lowest BCUT2D eigenvalue weighted by molar-refractivity contribution is -0.131. The van der Waals surface area contributed by atoms with Crippen LogP contribution in [0.15, 0.2) is 12.2 Å². The van der Waals surface area contributed by atoms with E-state index in [0.29, 0.717) is 0 Å². The fourth-order valence-corrected chi connectivity index (χ4v) is 0.212. The molecule has 0 aliphatic rings. The predicted octanol–water partition coefficient (Wildman–Crippen LogP) is -0.394. The Hall–Kier alpha value is -0.870. The predicted molar refractivity (Wildman–Crippen MR) is 26.6 cm³/mol. The number of carboxylic acids is 1. The quantitative estimate of drug-likeness (QED) is 0.347. The Morgan fingerprint density at radius 1 is 1.75 bits per heavy atom. The Labute approximate surface area is 46.4 Å². The number of carbonyl (C=O) groups is 1. The lowest BCUT2D eigenvalue weighted by atomic mass is 10.5. The molecular weight excluding hydrogens is 110 g/mol. The first-order chi connectivity index (χ1) is 3.77. The maximum atomic E-state index is 9.68. The summed E-state index contributed by atoms with van der Waals surface area (Å²) in [7, 11) is 0. The van der Waals surface area contributed by atoms with E-state index in [2.05, 4.69) is 0 Å². The molecule has 0 fully saturated rings. The van der Waals surface area contributed by atoms with E-state index in [1.807, 2.05) is 0 Å². The Morgan fingerprint density at radius 2 is 2.38 bits per heavy atom. The molecule has 0 bridgehead atoms. The third-order valence-electron chi connectivity index (χ3n) is 0.470. The van der Waals surface area contributed by atoms with Crippen molar-refractivity contribution in [1.29, 1.82) is 0 Å². The average Bonchev–Trinajstić information content (AvgIpc) is 1.66. The van der Waals surface area contributed by atoms with Gasteiger partial charge in [0.1, 0.15) is 0 Å². The molecular formula is C4H7NO3. The van der Waals surface area contributed by atoms with E-state index in [4.69, 9.17) is 10.3 Å². The molecule has 3 N–H and O–H groups in total. The van der Waals surface area contributed by atoms with E-state index >= 15 is 0 Å².